The first-order valence-corrected chi connectivity index (χ1v) is 14.7. The highest BCUT2D eigenvalue weighted by molar-refractivity contribution is 7.22. The van der Waals surface area contributed by atoms with Gasteiger partial charge in [0.05, 0.1) is 42.3 Å². The third kappa shape index (κ3) is 5.05. The van der Waals surface area contributed by atoms with Gasteiger partial charge in [0.1, 0.15) is 34.8 Å². The number of ether oxygens (including phenoxy) is 2. The second-order valence-corrected chi connectivity index (χ2v) is 11.7. The zero-order chi connectivity index (χ0) is 29.5. The van der Waals surface area contributed by atoms with Gasteiger partial charge < -0.3 is 24.3 Å². The fraction of sp³-hybridized carbons (Fsp3) is 0.448. The highest BCUT2D eigenvalue weighted by atomic mass is 32.1. The molecule has 13 heteroatoms. The molecule has 1 aliphatic heterocycles. The van der Waals surface area contributed by atoms with Gasteiger partial charge in [-0.2, -0.15) is 0 Å². The van der Waals surface area contributed by atoms with Crippen LogP contribution in [-0.4, -0.2) is 51.0 Å². The van der Waals surface area contributed by atoms with E-state index in [1.54, 1.807) is 6.92 Å². The molecule has 0 bridgehead atoms. The number of aryl methyl sites for hydroxylation is 1. The Kier molecular flexibility index (Phi) is 7.73. The lowest BCUT2D eigenvalue weighted by Crippen LogP contribution is -2.44. The first-order valence-electron chi connectivity index (χ1n) is 13.9. The Morgan fingerprint density at radius 3 is 2.67 bits per heavy atom. The molecular weight excluding hydrogens is 567 g/mol. The van der Waals surface area contributed by atoms with Crippen molar-refractivity contribution in [2.45, 2.75) is 69.9 Å². The maximum absolute atomic E-state index is 14.6. The standard InChI is InChI=1S/C29H31FN4O7S/c1-15-23-27(37)34(20-9-10-31-25(20)36)29(38)33(28(23)42-24(15)26-32-11-12-40-26)14-22(41-18-6-4-17(35)5-7-18)19-13-16(30)3-8-21(19)39-2/h3,8,11-13,17-18,20,22,35H,4-7,9-10,14H2,1-2H3,(H,31,36)/t17?,18?,20-,22+/m1/s1. The molecule has 4 aromatic rings. The Morgan fingerprint density at radius 2 is 2.00 bits per heavy atom. The minimum Gasteiger partial charge on any atom is -0.496 e. The monoisotopic (exact) mass is 598 g/mol. The van der Waals surface area contributed by atoms with Gasteiger partial charge in [0, 0.05) is 12.1 Å². The van der Waals surface area contributed by atoms with Crippen LogP contribution in [0.2, 0.25) is 0 Å². The molecule has 3 aromatic heterocycles. The van der Waals surface area contributed by atoms with Crippen molar-refractivity contribution in [3.63, 3.8) is 0 Å². The predicted octanol–water partition coefficient (Wildman–Crippen LogP) is 3.46. The summed E-state index contributed by atoms with van der Waals surface area (Å²) in [5.41, 5.74) is -0.258. The molecule has 0 spiro atoms. The lowest BCUT2D eigenvalue weighted by molar-refractivity contribution is -0.122. The van der Waals surface area contributed by atoms with E-state index in [4.69, 9.17) is 13.9 Å². The highest BCUT2D eigenvalue weighted by Gasteiger charge is 2.34. The predicted molar refractivity (Wildman–Crippen MR) is 152 cm³/mol. The van der Waals surface area contributed by atoms with Crippen molar-refractivity contribution < 1.29 is 28.2 Å². The molecule has 1 saturated heterocycles. The summed E-state index contributed by atoms with van der Waals surface area (Å²) in [7, 11) is 1.47. The number of thiophene rings is 1. The highest BCUT2D eigenvalue weighted by Crippen LogP contribution is 2.38. The van der Waals surface area contributed by atoms with E-state index in [0.29, 0.717) is 64.7 Å². The van der Waals surface area contributed by atoms with Gasteiger partial charge >= 0.3 is 5.69 Å². The molecule has 1 saturated carbocycles. The maximum atomic E-state index is 14.6. The van der Waals surface area contributed by atoms with Crippen LogP contribution in [0.3, 0.4) is 0 Å². The smallest absolute Gasteiger partial charge is 0.332 e. The number of methoxy groups -OCH3 is 1. The Labute approximate surface area is 243 Å². The van der Waals surface area contributed by atoms with Gasteiger partial charge in [0.25, 0.3) is 5.56 Å². The number of hydrogen-bond acceptors (Lipinski definition) is 9. The molecule has 11 nitrogen and oxygen atoms in total. The molecule has 2 fully saturated rings. The summed E-state index contributed by atoms with van der Waals surface area (Å²) in [5, 5.41) is 13.0. The number of carbonyl (C=O) groups excluding carboxylic acids is 1. The van der Waals surface area contributed by atoms with Gasteiger partial charge in [-0.05, 0) is 62.8 Å². The fourth-order valence-corrected chi connectivity index (χ4v) is 7.16. The van der Waals surface area contributed by atoms with Gasteiger partial charge in [0.15, 0.2) is 0 Å². The molecule has 0 unspecified atom stereocenters. The maximum Gasteiger partial charge on any atom is 0.332 e. The summed E-state index contributed by atoms with van der Waals surface area (Å²) in [6.45, 7) is 2.01. The van der Waals surface area contributed by atoms with E-state index in [9.17, 15) is 23.9 Å². The lowest BCUT2D eigenvalue weighted by atomic mass is 9.94. The molecule has 6 rings (SSSR count). The number of aliphatic hydroxyl groups excluding tert-OH is 1. The van der Waals surface area contributed by atoms with Crippen LogP contribution in [0.5, 0.6) is 5.75 Å². The number of nitrogens with zero attached hydrogens (tertiary/aromatic N) is 3. The van der Waals surface area contributed by atoms with Crippen LogP contribution in [0, 0.1) is 12.7 Å². The van der Waals surface area contributed by atoms with E-state index in [1.165, 1.54) is 53.7 Å². The number of halogens is 1. The Bertz CT molecular complexity index is 1740. The van der Waals surface area contributed by atoms with E-state index in [-0.39, 0.29) is 24.5 Å². The van der Waals surface area contributed by atoms with Gasteiger partial charge in [-0.15, -0.1) is 11.3 Å². The zero-order valence-electron chi connectivity index (χ0n) is 23.2. The largest absolute Gasteiger partial charge is 0.496 e. The number of aliphatic hydroxyl groups is 1. The van der Waals surface area contributed by atoms with Crippen molar-refractivity contribution in [2.24, 2.45) is 0 Å². The minimum atomic E-state index is -0.965. The Morgan fingerprint density at radius 1 is 1.21 bits per heavy atom. The van der Waals surface area contributed by atoms with Crippen LogP contribution in [-0.2, 0) is 16.1 Å². The van der Waals surface area contributed by atoms with Gasteiger partial charge in [-0.25, -0.2) is 18.7 Å². The number of hydrogen-bond donors (Lipinski definition) is 2. The van der Waals surface area contributed by atoms with Gasteiger partial charge in [-0.3, -0.25) is 14.2 Å². The number of carbonyl (C=O) groups is 1. The number of oxazole rings is 1. The van der Waals surface area contributed by atoms with Gasteiger partial charge in [-0.1, -0.05) is 0 Å². The van der Waals surface area contributed by atoms with Crippen LogP contribution >= 0.6 is 11.3 Å². The van der Waals surface area contributed by atoms with Crippen molar-refractivity contribution in [3.8, 4) is 16.5 Å². The van der Waals surface area contributed by atoms with Crippen LogP contribution in [0.25, 0.3) is 21.0 Å². The molecule has 4 heterocycles. The summed E-state index contributed by atoms with van der Waals surface area (Å²) in [6, 6.07) is 3.14. The van der Waals surface area contributed by atoms with Crippen LogP contribution in [0.1, 0.15) is 55.4 Å². The van der Waals surface area contributed by atoms with E-state index in [1.807, 2.05) is 0 Å². The summed E-state index contributed by atoms with van der Waals surface area (Å²) in [6.07, 6.45) is 4.01. The summed E-state index contributed by atoms with van der Waals surface area (Å²) < 4.78 is 34.7. The second kappa shape index (κ2) is 11.5. The molecule has 2 atom stereocenters. The lowest BCUT2D eigenvalue weighted by Gasteiger charge is -2.31. The Hall–Kier alpha value is -3.81. The number of fused-ring (bicyclic) bond motifs is 1. The molecule has 222 valence electrons. The summed E-state index contributed by atoms with van der Waals surface area (Å²) >= 11 is 1.18. The average molecular weight is 599 g/mol. The first-order chi connectivity index (χ1) is 20.3. The molecular formula is C29H31FN4O7S. The quantitative estimate of drug-likeness (QED) is 0.315. The number of amides is 1. The van der Waals surface area contributed by atoms with Crippen molar-refractivity contribution in [3.05, 3.63) is 68.4 Å². The summed E-state index contributed by atoms with van der Waals surface area (Å²) in [4.78, 5) is 46.0. The van der Waals surface area contributed by atoms with Crippen molar-refractivity contribution >= 4 is 27.5 Å². The van der Waals surface area contributed by atoms with Crippen molar-refractivity contribution in [2.75, 3.05) is 13.7 Å². The number of benzene rings is 1. The third-order valence-corrected chi connectivity index (χ3v) is 9.39. The topological polar surface area (TPSA) is 138 Å². The van der Waals surface area contributed by atoms with Crippen LogP contribution < -0.4 is 21.3 Å². The van der Waals surface area contributed by atoms with Crippen molar-refractivity contribution in [1.29, 1.82) is 0 Å². The van der Waals surface area contributed by atoms with Crippen LogP contribution in [0.15, 0.2) is 44.7 Å². The van der Waals surface area contributed by atoms with E-state index in [0.717, 1.165) is 4.57 Å². The number of nitrogens with one attached hydrogen (secondary N) is 1. The molecule has 1 aromatic carbocycles. The molecule has 2 N–H and O–H groups in total. The first kappa shape index (κ1) is 28.3. The van der Waals surface area contributed by atoms with Crippen molar-refractivity contribution in [1.82, 2.24) is 19.4 Å². The third-order valence-electron chi connectivity index (χ3n) is 8.09. The molecule has 1 aliphatic carbocycles. The van der Waals surface area contributed by atoms with E-state index >= 15 is 0 Å². The molecule has 0 radical (unpaired) electrons. The number of rotatable bonds is 8. The average Bonchev–Trinajstić information content (AvgIpc) is 3.73. The number of aromatic nitrogens is 3. The van der Waals surface area contributed by atoms with E-state index < -0.39 is 41.2 Å². The zero-order valence-corrected chi connectivity index (χ0v) is 24.0. The van der Waals surface area contributed by atoms with Gasteiger partial charge in [0.2, 0.25) is 11.8 Å². The molecule has 1 amide bonds. The second-order valence-electron chi connectivity index (χ2n) is 10.7. The fourth-order valence-electron chi connectivity index (χ4n) is 5.92. The SMILES string of the molecule is COc1ccc(F)cc1[C@H](Cn1c(=O)n([C@@H]2CCNC2=O)c(=O)c2c(C)c(-c3ncco3)sc21)OC1CCC(O)CC1. The molecule has 42 heavy (non-hydrogen) atoms. The Balaban J connectivity index is 1.55. The van der Waals surface area contributed by atoms with Crippen LogP contribution in [0.4, 0.5) is 4.39 Å². The van der Waals surface area contributed by atoms with E-state index in [2.05, 4.69) is 10.3 Å². The normalized spacial score (nSPS) is 21.5. The summed E-state index contributed by atoms with van der Waals surface area (Å²) in [5.74, 6) is -0.214. The molecule has 2 aliphatic rings. The minimum absolute atomic E-state index is 0.0895.